The Hall–Kier alpha value is -2.74. The minimum absolute atomic E-state index is 0.0943. The lowest BCUT2D eigenvalue weighted by molar-refractivity contribution is -0.117. The summed E-state index contributed by atoms with van der Waals surface area (Å²) in [6.45, 7) is 3.84. The number of piperidine rings is 1. The number of aromatic amines is 1. The molecule has 0 aliphatic carbocycles. The van der Waals surface area contributed by atoms with Crippen LogP contribution in [0.15, 0.2) is 28.8 Å². The average molecular weight is 371 g/mol. The van der Waals surface area contributed by atoms with Crippen LogP contribution in [0.2, 0.25) is 0 Å². The van der Waals surface area contributed by atoms with Gasteiger partial charge in [-0.1, -0.05) is 5.16 Å². The molecule has 7 nitrogen and oxygen atoms in total. The van der Waals surface area contributed by atoms with Gasteiger partial charge in [0.1, 0.15) is 17.4 Å². The first-order valence-corrected chi connectivity index (χ1v) is 9.15. The molecular weight excluding hydrogens is 349 g/mol. The third kappa shape index (κ3) is 4.33. The highest BCUT2D eigenvalue weighted by molar-refractivity contribution is 5.91. The second-order valence-corrected chi connectivity index (χ2v) is 7.16. The lowest BCUT2D eigenvalue weighted by Crippen LogP contribution is -2.41. The molecule has 3 heterocycles. The number of carbonyl (C=O) groups excluding carboxylic acids is 1. The Morgan fingerprint density at radius 3 is 3.15 bits per heavy atom. The van der Waals surface area contributed by atoms with E-state index in [9.17, 15) is 9.18 Å². The minimum Gasteiger partial charge on any atom is -0.360 e. The molecule has 1 saturated heterocycles. The van der Waals surface area contributed by atoms with Gasteiger partial charge in [0.25, 0.3) is 0 Å². The van der Waals surface area contributed by atoms with Gasteiger partial charge in [-0.25, -0.2) is 9.37 Å². The predicted molar refractivity (Wildman–Crippen MR) is 98.8 cm³/mol. The molecule has 0 spiro atoms. The van der Waals surface area contributed by atoms with Gasteiger partial charge in [0, 0.05) is 19.0 Å². The van der Waals surface area contributed by atoms with E-state index >= 15 is 0 Å². The fourth-order valence-corrected chi connectivity index (χ4v) is 3.68. The van der Waals surface area contributed by atoms with Crippen LogP contribution in [-0.4, -0.2) is 45.6 Å². The zero-order valence-corrected chi connectivity index (χ0v) is 15.2. The summed E-state index contributed by atoms with van der Waals surface area (Å²) in [6, 6.07) is 6.27. The van der Waals surface area contributed by atoms with Crippen molar-refractivity contribution < 1.29 is 13.7 Å². The third-order valence-electron chi connectivity index (χ3n) is 4.84. The van der Waals surface area contributed by atoms with Crippen LogP contribution >= 0.6 is 0 Å². The average Bonchev–Trinajstić information content (AvgIpc) is 3.20. The van der Waals surface area contributed by atoms with Crippen molar-refractivity contribution in [3.63, 3.8) is 0 Å². The van der Waals surface area contributed by atoms with Gasteiger partial charge in [-0.05, 0) is 50.4 Å². The lowest BCUT2D eigenvalue weighted by atomic mass is 9.94. The molecule has 1 fully saturated rings. The number of rotatable bonds is 5. The Labute approximate surface area is 155 Å². The number of anilines is 1. The van der Waals surface area contributed by atoms with Gasteiger partial charge in [0.15, 0.2) is 5.82 Å². The zero-order valence-electron chi connectivity index (χ0n) is 15.2. The number of aromatic nitrogens is 3. The number of halogens is 1. The summed E-state index contributed by atoms with van der Waals surface area (Å²) < 4.78 is 18.3. The van der Waals surface area contributed by atoms with Crippen molar-refractivity contribution in [3.8, 4) is 0 Å². The number of carbonyl (C=O) groups is 1. The number of likely N-dealkylation sites (tertiary alicyclic amines) is 1. The van der Waals surface area contributed by atoms with E-state index in [1.165, 1.54) is 12.1 Å². The normalized spacial score (nSPS) is 18.1. The molecule has 1 aromatic carbocycles. The standard InChI is InChI=1S/C19H22FN5O2/c1-12-7-18(24-27-12)23-19(26)11-25-6-2-3-13(10-25)8-17-21-15-5-4-14(20)9-16(15)22-17/h4-5,7,9,13H,2-3,6,8,10-11H2,1H3,(H,21,22)(H,23,24,26). The maximum Gasteiger partial charge on any atom is 0.239 e. The molecular formula is C19H22FN5O2. The highest BCUT2D eigenvalue weighted by atomic mass is 19.1. The van der Waals surface area contributed by atoms with Gasteiger partial charge >= 0.3 is 0 Å². The summed E-state index contributed by atoms with van der Waals surface area (Å²) in [5, 5.41) is 6.54. The van der Waals surface area contributed by atoms with E-state index in [1.807, 2.05) is 0 Å². The Morgan fingerprint density at radius 2 is 2.33 bits per heavy atom. The number of hydrogen-bond donors (Lipinski definition) is 2. The molecule has 1 atom stereocenters. The molecule has 8 heteroatoms. The number of imidazole rings is 1. The van der Waals surface area contributed by atoms with Gasteiger partial charge in [-0.2, -0.15) is 0 Å². The van der Waals surface area contributed by atoms with E-state index in [4.69, 9.17) is 4.52 Å². The summed E-state index contributed by atoms with van der Waals surface area (Å²) in [4.78, 5) is 22.1. The van der Waals surface area contributed by atoms with Crippen LogP contribution in [0.5, 0.6) is 0 Å². The van der Waals surface area contributed by atoms with Gasteiger partial charge in [-0.3, -0.25) is 9.69 Å². The molecule has 1 unspecified atom stereocenters. The quantitative estimate of drug-likeness (QED) is 0.720. The van der Waals surface area contributed by atoms with Crippen LogP contribution in [0.3, 0.4) is 0 Å². The fraction of sp³-hybridized carbons (Fsp3) is 0.421. The van der Waals surface area contributed by atoms with Gasteiger partial charge in [0.05, 0.1) is 17.6 Å². The third-order valence-corrected chi connectivity index (χ3v) is 4.84. The van der Waals surface area contributed by atoms with Gasteiger partial charge in [0.2, 0.25) is 5.91 Å². The zero-order chi connectivity index (χ0) is 18.8. The molecule has 1 aliphatic heterocycles. The number of H-pyrrole nitrogens is 1. The highest BCUT2D eigenvalue weighted by Crippen LogP contribution is 2.21. The monoisotopic (exact) mass is 371 g/mol. The van der Waals surface area contributed by atoms with E-state index in [0.717, 1.165) is 49.2 Å². The second-order valence-electron chi connectivity index (χ2n) is 7.16. The van der Waals surface area contributed by atoms with Gasteiger partial charge < -0.3 is 14.8 Å². The molecule has 3 aromatic rings. The Bertz CT molecular complexity index is 951. The number of hydrogen-bond acceptors (Lipinski definition) is 5. The number of fused-ring (bicyclic) bond motifs is 1. The molecule has 1 amide bonds. The van der Waals surface area contributed by atoms with Crippen molar-refractivity contribution in [2.24, 2.45) is 5.92 Å². The van der Waals surface area contributed by atoms with Crippen LogP contribution in [0.1, 0.15) is 24.4 Å². The van der Waals surface area contributed by atoms with E-state index in [0.29, 0.717) is 24.0 Å². The number of nitrogens with zero attached hydrogens (tertiary/aromatic N) is 3. The molecule has 2 aromatic heterocycles. The Morgan fingerprint density at radius 1 is 1.44 bits per heavy atom. The number of amides is 1. The SMILES string of the molecule is Cc1cc(NC(=O)CN2CCCC(Cc3nc4ccc(F)cc4[nH]3)C2)no1. The van der Waals surface area contributed by atoms with E-state index in [-0.39, 0.29) is 11.7 Å². The highest BCUT2D eigenvalue weighted by Gasteiger charge is 2.23. The van der Waals surface area contributed by atoms with Crippen LogP contribution in [0, 0.1) is 18.7 Å². The van der Waals surface area contributed by atoms with Crippen LogP contribution in [0.25, 0.3) is 11.0 Å². The topological polar surface area (TPSA) is 87.0 Å². The van der Waals surface area contributed by atoms with E-state index < -0.39 is 0 Å². The molecule has 0 bridgehead atoms. The molecule has 142 valence electrons. The molecule has 2 N–H and O–H groups in total. The summed E-state index contributed by atoms with van der Waals surface area (Å²) >= 11 is 0. The predicted octanol–water partition coefficient (Wildman–Crippen LogP) is 2.89. The molecule has 27 heavy (non-hydrogen) atoms. The summed E-state index contributed by atoms with van der Waals surface area (Å²) in [6.07, 6.45) is 2.92. The fourth-order valence-electron chi connectivity index (χ4n) is 3.68. The Balaban J connectivity index is 1.33. The second kappa shape index (κ2) is 7.48. The molecule has 0 saturated carbocycles. The first kappa shape index (κ1) is 17.7. The number of aryl methyl sites for hydroxylation is 1. The van der Waals surface area contributed by atoms with Crippen molar-refractivity contribution in [1.29, 1.82) is 0 Å². The molecule has 4 rings (SSSR count). The van der Waals surface area contributed by atoms with Crippen LogP contribution in [-0.2, 0) is 11.2 Å². The van der Waals surface area contributed by atoms with Crippen molar-refractivity contribution in [1.82, 2.24) is 20.0 Å². The van der Waals surface area contributed by atoms with E-state index in [2.05, 4.69) is 25.3 Å². The smallest absolute Gasteiger partial charge is 0.239 e. The summed E-state index contributed by atoms with van der Waals surface area (Å²) in [7, 11) is 0. The van der Waals surface area contributed by atoms with Crippen molar-refractivity contribution in [3.05, 3.63) is 41.7 Å². The number of nitrogens with one attached hydrogen (secondary N) is 2. The van der Waals surface area contributed by atoms with Crippen LogP contribution in [0.4, 0.5) is 10.2 Å². The maximum atomic E-state index is 13.3. The first-order chi connectivity index (χ1) is 13.0. The minimum atomic E-state index is -0.269. The van der Waals surface area contributed by atoms with Crippen molar-refractivity contribution in [2.75, 3.05) is 25.0 Å². The molecule has 1 aliphatic rings. The van der Waals surface area contributed by atoms with Crippen molar-refractivity contribution >= 4 is 22.8 Å². The Kier molecular flexibility index (Phi) is 4.89. The lowest BCUT2D eigenvalue weighted by Gasteiger charge is -2.31. The summed E-state index contributed by atoms with van der Waals surface area (Å²) in [5.41, 5.74) is 1.50. The van der Waals surface area contributed by atoms with E-state index in [1.54, 1.807) is 19.1 Å². The van der Waals surface area contributed by atoms with Crippen molar-refractivity contribution in [2.45, 2.75) is 26.2 Å². The van der Waals surface area contributed by atoms with Crippen LogP contribution < -0.4 is 5.32 Å². The van der Waals surface area contributed by atoms with Gasteiger partial charge in [-0.15, -0.1) is 0 Å². The maximum absolute atomic E-state index is 13.3. The first-order valence-electron chi connectivity index (χ1n) is 9.15. The largest absolute Gasteiger partial charge is 0.360 e. The number of benzene rings is 1. The molecule has 0 radical (unpaired) electrons. The summed E-state index contributed by atoms with van der Waals surface area (Å²) in [5.74, 6) is 2.02.